The minimum atomic E-state index is 0.382. The zero-order chi connectivity index (χ0) is 16.9. The van der Waals surface area contributed by atoms with Gasteiger partial charge < -0.3 is 9.30 Å². The van der Waals surface area contributed by atoms with Crippen molar-refractivity contribution < 1.29 is 4.74 Å². The Morgan fingerprint density at radius 3 is 2.75 bits per heavy atom. The van der Waals surface area contributed by atoms with Crippen LogP contribution in [0.5, 0.6) is 5.75 Å². The van der Waals surface area contributed by atoms with Crippen LogP contribution in [0, 0.1) is 11.3 Å². The van der Waals surface area contributed by atoms with Crippen molar-refractivity contribution in [2.24, 2.45) is 0 Å². The van der Waals surface area contributed by atoms with E-state index in [1.165, 1.54) is 11.8 Å². The molecule has 3 aromatic rings. The largest absolute Gasteiger partial charge is 0.496 e. The molecule has 0 aliphatic rings. The fourth-order valence-electron chi connectivity index (χ4n) is 2.31. The van der Waals surface area contributed by atoms with E-state index < -0.39 is 0 Å². The number of hydrogen-bond acceptors (Lipinski definition) is 6. The van der Waals surface area contributed by atoms with Crippen molar-refractivity contribution in [2.75, 3.05) is 7.11 Å². The predicted octanol–water partition coefficient (Wildman–Crippen LogP) is 3.39. The second-order valence-electron chi connectivity index (χ2n) is 4.83. The molecule has 0 spiro atoms. The highest BCUT2D eigenvalue weighted by atomic mass is 32.2. The van der Waals surface area contributed by atoms with Gasteiger partial charge in [-0.2, -0.15) is 5.26 Å². The lowest BCUT2D eigenvalue weighted by Crippen LogP contribution is -2.01. The zero-order valence-corrected chi connectivity index (χ0v) is 14.1. The van der Waals surface area contributed by atoms with Crippen LogP contribution < -0.4 is 4.74 Å². The molecule has 1 aromatic carbocycles. The van der Waals surface area contributed by atoms with E-state index in [0.29, 0.717) is 17.3 Å². The molecule has 0 radical (unpaired) electrons. The minimum Gasteiger partial charge on any atom is -0.496 e. The maximum atomic E-state index is 8.97. The first-order valence-electron chi connectivity index (χ1n) is 7.38. The van der Waals surface area contributed by atoms with Gasteiger partial charge in [-0.3, -0.25) is 0 Å². The highest BCUT2D eigenvalue weighted by molar-refractivity contribution is 7.99. The Kier molecular flexibility index (Phi) is 4.77. The molecule has 6 nitrogen and oxygen atoms in total. The van der Waals surface area contributed by atoms with E-state index in [2.05, 4.69) is 15.2 Å². The number of ether oxygens (including phenoxy) is 1. The lowest BCUT2D eigenvalue weighted by Gasteiger charge is -2.10. The van der Waals surface area contributed by atoms with Crippen molar-refractivity contribution in [3.05, 3.63) is 48.2 Å². The number of methoxy groups -OCH3 is 1. The molecule has 3 rings (SSSR count). The third-order valence-corrected chi connectivity index (χ3v) is 4.34. The topological polar surface area (TPSA) is 76.6 Å². The lowest BCUT2D eigenvalue weighted by atomic mass is 10.2. The van der Waals surface area contributed by atoms with Crippen LogP contribution >= 0.6 is 11.8 Å². The maximum Gasteiger partial charge on any atom is 0.197 e. The molecule has 2 heterocycles. The monoisotopic (exact) mass is 337 g/mol. The first-order chi connectivity index (χ1) is 11.8. The zero-order valence-electron chi connectivity index (χ0n) is 13.3. The molecule has 0 atom stereocenters. The fourth-order valence-corrected chi connectivity index (χ4v) is 3.19. The Balaban J connectivity index is 1.99. The van der Waals surface area contributed by atoms with Crippen LogP contribution in [0.25, 0.3) is 11.4 Å². The molecule has 2 aromatic heterocycles. The van der Waals surface area contributed by atoms with Crippen molar-refractivity contribution in [1.82, 2.24) is 19.7 Å². The van der Waals surface area contributed by atoms with Crippen LogP contribution in [0.1, 0.15) is 12.6 Å². The number of aromatic nitrogens is 4. The summed E-state index contributed by atoms with van der Waals surface area (Å²) in [5, 5.41) is 19.0. The molecular formula is C17H15N5OS. The van der Waals surface area contributed by atoms with E-state index in [1.54, 1.807) is 13.2 Å². The second kappa shape index (κ2) is 7.15. The van der Waals surface area contributed by atoms with Gasteiger partial charge in [0.15, 0.2) is 11.0 Å². The Morgan fingerprint density at radius 1 is 1.17 bits per heavy atom. The molecular weight excluding hydrogens is 322 g/mol. The van der Waals surface area contributed by atoms with Gasteiger partial charge in [-0.05, 0) is 43.0 Å². The van der Waals surface area contributed by atoms with Crippen molar-refractivity contribution in [3.63, 3.8) is 0 Å². The van der Waals surface area contributed by atoms with Gasteiger partial charge in [0.05, 0.1) is 12.7 Å². The third kappa shape index (κ3) is 3.09. The van der Waals surface area contributed by atoms with E-state index in [1.807, 2.05) is 54.0 Å². The van der Waals surface area contributed by atoms with Crippen LogP contribution in [0.4, 0.5) is 0 Å². The SMILES string of the molecule is CCn1c(Sc2cccc(C#N)n2)nnc1-c1ccccc1OC. The molecule has 0 saturated carbocycles. The average Bonchev–Trinajstić information content (AvgIpc) is 3.04. The van der Waals surface area contributed by atoms with E-state index in [0.717, 1.165) is 22.3 Å². The van der Waals surface area contributed by atoms with Crippen molar-refractivity contribution >= 4 is 11.8 Å². The van der Waals surface area contributed by atoms with Crippen LogP contribution in [-0.2, 0) is 6.54 Å². The van der Waals surface area contributed by atoms with Gasteiger partial charge in [-0.25, -0.2) is 4.98 Å². The molecule has 0 aliphatic carbocycles. The molecule has 120 valence electrons. The van der Waals surface area contributed by atoms with Crippen LogP contribution in [-0.4, -0.2) is 26.9 Å². The first-order valence-corrected chi connectivity index (χ1v) is 8.20. The van der Waals surface area contributed by atoms with Crippen molar-refractivity contribution in [2.45, 2.75) is 23.7 Å². The molecule has 0 bridgehead atoms. The van der Waals surface area contributed by atoms with Crippen molar-refractivity contribution in [1.29, 1.82) is 5.26 Å². The van der Waals surface area contributed by atoms with Gasteiger partial charge in [0.2, 0.25) is 0 Å². The smallest absolute Gasteiger partial charge is 0.197 e. The van der Waals surface area contributed by atoms with E-state index >= 15 is 0 Å². The quantitative estimate of drug-likeness (QED) is 0.710. The Morgan fingerprint density at radius 2 is 2.00 bits per heavy atom. The summed E-state index contributed by atoms with van der Waals surface area (Å²) < 4.78 is 7.42. The number of para-hydroxylation sites is 1. The number of benzene rings is 1. The second-order valence-corrected chi connectivity index (χ2v) is 5.81. The average molecular weight is 337 g/mol. The molecule has 0 saturated heterocycles. The summed E-state index contributed by atoms with van der Waals surface area (Å²) in [6.45, 7) is 2.74. The number of nitriles is 1. The lowest BCUT2D eigenvalue weighted by molar-refractivity contribution is 0.416. The summed E-state index contributed by atoms with van der Waals surface area (Å²) in [5.41, 5.74) is 1.27. The summed E-state index contributed by atoms with van der Waals surface area (Å²) in [7, 11) is 1.64. The molecule has 0 fully saturated rings. The summed E-state index contributed by atoms with van der Waals surface area (Å²) in [4.78, 5) is 4.27. The van der Waals surface area contributed by atoms with E-state index in [-0.39, 0.29) is 0 Å². The standard InChI is InChI=1S/C17H15N5OS/c1-3-22-16(13-8-4-5-9-14(13)23-2)20-21-17(22)24-15-10-6-7-12(11-18)19-15/h4-10H,3H2,1-2H3. The summed E-state index contributed by atoms with van der Waals surface area (Å²) in [6, 6.07) is 15.1. The van der Waals surface area contributed by atoms with Crippen molar-refractivity contribution in [3.8, 4) is 23.2 Å². The van der Waals surface area contributed by atoms with Gasteiger partial charge in [0, 0.05) is 6.54 Å². The highest BCUT2D eigenvalue weighted by Gasteiger charge is 2.17. The predicted molar refractivity (Wildman–Crippen MR) is 90.8 cm³/mol. The highest BCUT2D eigenvalue weighted by Crippen LogP contribution is 2.32. The maximum absolute atomic E-state index is 8.97. The molecule has 24 heavy (non-hydrogen) atoms. The van der Waals surface area contributed by atoms with E-state index in [9.17, 15) is 0 Å². The van der Waals surface area contributed by atoms with Gasteiger partial charge in [0.25, 0.3) is 0 Å². The molecule has 0 aliphatic heterocycles. The normalized spacial score (nSPS) is 10.4. The Labute approximate surface area is 144 Å². The molecule has 0 amide bonds. The Hall–Kier alpha value is -2.85. The number of rotatable bonds is 5. The van der Waals surface area contributed by atoms with Crippen LogP contribution in [0.15, 0.2) is 52.6 Å². The van der Waals surface area contributed by atoms with Crippen LogP contribution in [0.3, 0.4) is 0 Å². The molecule has 7 heteroatoms. The van der Waals surface area contributed by atoms with Gasteiger partial charge in [0.1, 0.15) is 22.5 Å². The van der Waals surface area contributed by atoms with Gasteiger partial charge in [-0.1, -0.05) is 18.2 Å². The van der Waals surface area contributed by atoms with Gasteiger partial charge >= 0.3 is 0 Å². The number of nitrogens with zero attached hydrogens (tertiary/aromatic N) is 5. The molecule has 0 N–H and O–H groups in total. The number of hydrogen-bond donors (Lipinski definition) is 0. The minimum absolute atomic E-state index is 0.382. The van der Waals surface area contributed by atoms with Gasteiger partial charge in [-0.15, -0.1) is 10.2 Å². The first kappa shape index (κ1) is 16.0. The summed E-state index contributed by atoms with van der Waals surface area (Å²) >= 11 is 1.38. The number of pyridine rings is 1. The van der Waals surface area contributed by atoms with E-state index in [4.69, 9.17) is 10.00 Å². The molecule has 0 unspecified atom stereocenters. The fraction of sp³-hybridized carbons (Fsp3) is 0.176. The summed E-state index contributed by atoms with van der Waals surface area (Å²) in [5.74, 6) is 1.50. The summed E-state index contributed by atoms with van der Waals surface area (Å²) in [6.07, 6.45) is 0. The third-order valence-electron chi connectivity index (χ3n) is 3.41. The van der Waals surface area contributed by atoms with Crippen LogP contribution in [0.2, 0.25) is 0 Å². The Bertz CT molecular complexity index is 900.